The number of sulfonamides is 1. The molecular weight excluding hydrogens is 244 g/mol. The molecule has 17 heavy (non-hydrogen) atoms. The van der Waals surface area contributed by atoms with Gasteiger partial charge in [0.2, 0.25) is 10.0 Å². The summed E-state index contributed by atoms with van der Waals surface area (Å²) in [6.07, 6.45) is 0. The van der Waals surface area contributed by atoms with E-state index in [0.29, 0.717) is 17.2 Å². The molecule has 0 aliphatic heterocycles. The van der Waals surface area contributed by atoms with Crippen LogP contribution in [0.2, 0.25) is 0 Å². The lowest BCUT2D eigenvalue weighted by atomic mass is 10.3. The summed E-state index contributed by atoms with van der Waals surface area (Å²) in [5.74, 6) is 0.307. The zero-order valence-electron chi connectivity index (χ0n) is 9.43. The lowest BCUT2D eigenvalue weighted by Gasteiger charge is -2.10. The Bertz CT molecular complexity index is 534. The Morgan fingerprint density at radius 3 is 2.47 bits per heavy atom. The van der Waals surface area contributed by atoms with Gasteiger partial charge >= 0.3 is 0 Å². The molecule has 1 aromatic carbocycles. The first-order chi connectivity index (χ1) is 8.02. The second-order valence-electron chi connectivity index (χ2n) is 3.09. The van der Waals surface area contributed by atoms with Crippen LogP contribution < -0.4 is 14.2 Å². The number of rotatable bonds is 5. The van der Waals surface area contributed by atoms with Crippen LogP contribution in [0.1, 0.15) is 0 Å². The molecule has 0 spiro atoms. The molecule has 1 aromatic rings. The molecule has 0 fully saturated rings. The topological polar surface area (TPSA) is 88.4 Å². The summed E-state index contributed by atoms with van der Waals surface area (Å²) in [5, 5.41) is 8.35. The first-order valence-corrected chi connectivity index (χ1v) is 6.27. The summed E-state index contributed by atoms with van der Waals surface area (Å²) in [7, 11) is -0.703. The number of nitrogens with zero attached hydrogens (tertiary/aromatic N) is 1. The van der Waals surface area contributed by atoms with E-state index in [2.05, 4.69) is 4.72 Å². The van der Waals surface area contributed by atoms with Crippen LogP contribution in [0, 0.1) is 11.3 Å². The predicted molar refractivity (Wildman–Crippen MR) is 62.6 cm³/mol. The lowest BCUT2D eigenvalue weighted by molar-refractivity contribution is 0.355. The highest BCUT2D eigenvalue weighted by Crippen LogP contribution is 2.30. The average molecular weight is 256 g/mol. The summed E-state index contributed by atoms with van der Waals surface area (Å²) in [4.78, 5) is 0. The maximum Gasteiger partial charge on any atom is 0.246 e. The number of ether oxygens (including phenoxy) is 2. The minimum atomic E-state index is -3.64. The fourth-order valence-electron chi connectivity index (χ4n) is 1.20. The van der Waals surface area contributed by atoms with Gasteiger partial charge in [0.25, 0.3) is 0 Å². The van der Waals surface area contributed by atoms with Gasteiger partial charge in [-0.1, -0.05) is 0 Å². The van der Waals surface area contributed by atoms with Crippen LogP contribution in [0.5, 0.6) is 11.5 Å². The number of nitriles is 1. The Morgan fingerprint density at radius 2 is 1.94 bits per heavy atom. The van der Waals surface area contributed by atoms with E-state index in [-0.39, 0.29) is 0 Å². The van der Waals surface area contributed by atoms with Crippen molar-refractivity contribution in [2.45, 2.75) is 0 Å². The minimum absolute atomic E-state index is 0.318. The SMILES string of the molecule is COc1ccc(NS(=O)(=O)CC#N)cc1OC. The largest absolute Gasteiger partial charge is 0.493 e. The van der Waals surface area contributed by atoms with E-state index in [1.165, 1.54) is 26.4 Å². The fourth-order valence-corrected chi connectivity index (χ4v) is 1.93. The van der Waals surface area contributed by atoms with Gasteiger partial charge < -0.3 is 9.47 Å². The minimum Gasteiger partial charge on any atom is -0.493 e. The molecule has 0 saturated carbocycles. The number of benzene rings is 1. The summed E-state index contributed by atoms with van der Waals surface area (Å²) >= 11 is 0. The number of hydrogen-bond donors (Lipinski definition) is 1. The quantitative estimate of drug-likeness (QED) is 0.848. The van der Waals surface area contributed by atoms with Crippen molar-refractivity contribution in [1.29, 1.82) is 5.26 Å². The molecule has 0 unspecified atom stereocenters. The van der Waals surface area contributed by atoms with Crippen molar-refractivity contribution < 1.29 is 17.9 Å². The average Bonchev–Trinajstić information content (AvgIpc) is 2.28. The van der Waals surface area contributed by atoms with Gasteiger partial charge in [0.05, 0.1) is 26.0 Å². The Labute approximate surface area is 99.8 Å². The van der Waals surface area contributed by atoms with Gasteiger partial charge in [-0.05, 0) is 12.1 Å². The van der Waals surface area contributed by atoms with Gasteiger partial charge in [-0.15, -0.1) is 0 Å². The van der Waals surface area contributed by atoms with Crippen molar-refractivity contribution in [3.8, 4) is 17.6 Å². The zero-order valence-corrected chi connectivity index (χ0v) is 10.2. The summed E-state index contributed by atoms with van der Waals surface area (Å²) in [5.41, 5.74) is 0.318. The van der Waals surface area contributed by atoms with Crippen LogP contribution in [-0.4, -0.2) is 28.4 Å². The van der Waals surface area contributed by atoms with Crippen LogP contribution in [0.25, 0.3) is 0 Å². The van der Waals surface area contributed by atoms with Crippen molar-refractivity contribution in [3.05, 3.63) is 18.2 Å². The highest BCUT2D eigenvalue weighted by molar-refractivity contribution is 7.92. The van der Waals surface area contributed by atoms with Crippen LogP contribution >= 0.6 is 0 Å². The first-order valence-electron chi connectivity index (χ1n) is 4.62. The van der Waals surface area contributed by atoms with Crippen LogP contribution in [-0.2, 0) is 10.0 Å². The molecule has 0 amide bonds. The number of hydrogen-bond acceptors (Lipinski definition) is 5. The molecule has 1 N–H and O–H groups in total. The number of methoxy groups -OCH3 is 2. The van der Waals surface area contributed by atoms with E-state index in [4.69, 9.17) is 14.7 Å². The normalized spacial score (nSPS) is 10.4. The Hall–Kier alpha value is -1.94. The van der Waals surface area contributed by atoms with Gasteiger partial charge in [0.15, 0.2) is 17.3 Å². The third-order valence-electron chi connectivity index (χ3n) is 1.91. The molecule has 0 bridgehead atoms. The van der Waals surface area contributed by atoms with Gasteiger partial charge in [0.1, 0.15) is 0 Å². The monoisotopic (exact) mass is 256 g/mol. The van der Waals surface area contributed by atoms with Gasteiger partial charge in [-0.2, -0.15) is 5.26 Å². The molecule has 7 heteroatoms. The maximum atomic E-state index is 11.3. The highest BCUT2D eigenvalue weighted by Gasteiger charge is 2.11. The second-order valence-corrected chi connectivity index (χ2v) is 4.81. The fraction of sp³-hybridized carbons (Fsp3) is 0.300. The van der Waals surface area contributed by atoms with Crippen molar-refractivity contribution in [3.63, 3.8) is 0 Å². The first kappa shape index (κ1) is 13.1. The standard InChI is InChI=1S/C10H12N2O4S/c1-15-9-4-3-8(7-10(9)16-2)12-17(13,14)6-5-11/h3-4,7,12H,6H2,1-2H3. The smallest absolute Gasteiger partial charge is 0.246 e. The summed E-state index contributed by atoms with van der Waals surface area (Å²) in [6.45, 7) is 0. The van der Waals surface area contributed by atoms with Crippen LogP contribution in [0.4, 0.5) is 5.69 Å². The van der Waals surface area contributed by atoms with Crippen LogP contribution in [0.15, 0.2) is 18.2 Å². The van der Waals surface area contributed by atoms with E-state index in [1.54, 1.807) is 12.1 Å². The van der Waals surface area contributed by atoms with Crippen LogP contribution in [0.3, 0.4) is 0 Å². The van der Waals surface area contributed by atoms with E-state index < -0.39 is 15.8 Å². The molecule has 6 nitrogen and oxygen atoms in total. The third-order valence-corrected chi connectivity index (χ3v) is 2.97. The van der Waals surface area contributed by atoms with Crippen molar-refractivity contribution in [2.75, 3.05) is 24.7 Å². The zero-order chi connectivity index (χ0) is 12.9. The van der Waals surface area contributed by atoms with Gasteiger partial charge in [0, 0.05) is 6.07 Å². The van der Waals surface area contributed by atoms with E-state index in [0.717, 1.165) is 0 Å². The molecule has 0 atom stereocenters. The Balaban J connectivity index is 2.98. The number of anilines is 1. The van der Waals surface area contributed by atoms with Gasteiger partial charge in [-0.25, -0.2) is 8.42 Å². The molecule has 0 aromatic heterocycles. The molecule has 0 saturated heterocycles. The predicted octanol–water partition coefficient (Wildman–Crippen LogP) is 0.969. The molecular formula is C10H12N2O4S. The Kier molecular flexibility index (Phi) is 4.17. The van der Waals surface area contributed by atoms with Crippen molar-refractivity contribution >= 4 is 15.7 Å². The molecule has 1 rings (SSSR count). The highest BCUT2D eigenvalue weighted by atomic mass is 32.2. The van der Waals surface area contributed by atoms with Crippen molar-refractivity contribution in [1.82, 2.24) is 0 Å². The molecule has 0 radical (unpaired) electrons. The lowest BCUT2D eigenvalue weighted by Crippen LogP contribution is -2.15. The molecule has 0 heterocycles. The molecule has 0 aliphatic carbocycles. The van der Waals surface area contributed by atoms with E-state index in [9.17, 15) is 8.42 Å². The summed E-state index contributed by atoms with van der Waals surface area (Å²) in [6, 6.07) is 6.15. The summed E-state index contributed by atoms with van der Waals surface area (Å²) < 4.78 is 35.0. The Morgan fingerprint density at radius 1 is 1.29 bits per heavy atom. The van der Waals surface area contributed by atoms with E-state index >= 15 is 0 Å². The number of nitrogens with one attached hydrogen (secondary N) is 1. The molecule has 0 aliphatic rings. The van der Waals surface area contributed by atoms with E-state index in [1.807, 2.05) is 0 Å². The van der Waals surface area contributed by atoms with Crippen molar-refractivity contribution in [2.24, 2.45) is 0 Å². The maximum absolute atomic E-state index is 11.3. The third kappa shape index (κ3) is 3.53. The second kappa shape index (κ2) is 5.41. The molecule has 92 valence electrons. The van der Waals surface area contributed by atoms with Gasteiger partial charge in [-0.3, -0.25) is 4.72 Å².